The van der Waals surface area contributed by atoms with Crippen LogP contribution in [0, 0.1) is 0 Å². The van der Waals surface area contributed by atoms with Gasteiger partial charge in [0.25, 0.3) is 0 Å². The van der Waals surface area contributed by atoms with E-state index in [1.165, 1.54) is 0 Å². The van der Waals surface area contributed by atoms with Crippen LogP contribution in [0.1, 0.15) is 5.56 Å². The molecule has 0 saturated carbocycles. The largest absolute Gasteiger partial charge is 0.508 e. The van der Waals surface area contributed by atoms with Crippen molar-refractivity contribution in [3.63, 3.8) is 0 Å². The lowest BCUT2D eigenvalue weighted by Crippen LogP contribution is -1.81. The van der Waals surface area contributed by atoms with E-state index in [0.29, 0.717) is 15.7 Å². The van der Waals surface area contributed by atoms with Crippen LogP contribution in [0.2, 0.25) is 10.0 Å². The Morgan fingerprint density at radius 2 is 1.94 bits per heavy atom. The maximum absolute atomic E-state index is 9.45. The number of hydrogen-bond donors (Lipinski definition) is 1. The van der Waals surface area contributed by atoms with E-state index in [9.17, 15) is 5.11 Å². The number of rotatable bonds is 2. The van der Waals surface area contributed by atoms with E-state index in [4.69, 9.17) is 23.2 Å². The predicted octanol–water partition coefficient (Wildman–Crippen LogP) is 5.21. The lowest BCUT2D eigenvalue weighted by atomic mass is 10.2. The summed E-state index contributed by atoms with van der Waals surface area (Å²) < 4.78 is 0.779. The molecule has 1 N–H and O–H groups in total. The first kappa shape index (κ1) is 13.4. The Kier molecular flexibility index (Phi) is 4.27. The molecule has 2 aromatic carbocycles. The van der Waals surface area contributed by atoms with E-state index in [1.807, 2.05) is 6.07 Å². The second kappa shape index (κ2) is 5.74. The third kappa shape index (κ3) is 3.25. The first-order valence-corrected chi connectivity index (χ1v) is 6.59. The molecule has 92 valence electrons. The third-order valence-corrected chi connectivity index (χ3v) is 3.46. The predicted molar refractivity (Wildman–Crippen MR) is 79.5 cm³/mol. The van der Waals surface area contributed by atoms with E-state index in [0.717, 1.165) is 10.0 Å². The van der Waals surface area contributed by atoms with Gasteiger partial charge < -0.3 is 5.11 Å². The summed E-state index contributed by atoms with van der Waals surface area (Å²) in [5.74, 6) is 0.169. The summed E-state index contributed by atoms with van der Waals surface area (Å²) in [7, 11) is 0. The smallest absolute Gasteiger partial charge is 0.117 e. The average molecular weight is 345 g/mol. The molecule has 0 bridgehead atoms. The Morgan fingerprint density at radius 3 is 2.67 bits per heavy atom. The minimum atomic E-state index is 0.169. The third-order valence-electron chi connectivity index (χ3n) is 2.19. The highest BCUT2D eigenvalue weighted by Crippen LogP contribution is 2.31. The monoisotopic (exact) mass is 343 g/mol. The van der Waals surface area contributed by atoms with Gasteiger partial charge in [-0.3, -0.25) is 4.99 Å². The van der Waals surface area contributed by atoms with E-state index >= 15 is 0 Å². The molecule has 2 rings (SSSR count). The fraction of sp³-hybridized carbons (Fsp3) is 0. The highest BCUT2D eigenvalue weighted by Gasteiger charge is 2.02. The summed E-state index contributed by atoms with van der Waals surface area (Å²) in [5.41, 5.74) is 1.35. The lowest BCUT2D eigenvalue weighted by molar-refractivity contribution is 0.475. The molecule has 0 aliphatic rings. The molecule has 0 amide bonds. The normalized spacial score (nSPS) is 11.1. The highest BCUT2D eigenvalue weighted by molar-refractivity contribution is 9.10. The molecule has 18 heavy (non-hydrogen) atoms. The Morgan fingerprint density at radius 1 is 1.17 bits per heavy atom. The summed E-state index contributed by atoms with van der Waals surface area (Å²) in [6.45, 7) is 0. The fourth-order valence-corrected chi connectivity index (χ4v) is 2.25. The van der Waals surface area contributed by atoms with Gasteiger partial charge in [-0.25, -0.2) is 0 Å². The molecule has 0 fully saturated rings. The van der Waals surface area contributed by atoms with Gasteiger partial charge in [-0.1, -0.05) is 45.2 Å². The molecule has 0 heterocycles. The van der Waals surface area contributed by atoms with Crippen molar-refractivity contribution >= 4 is 51.0 Å². The van der Waals surface area contributed by atoms with Crippen molar-refractivity contribution in [2.75, 3.05) is 0 Å². The van der Waals surface area contributed by atoms with Crippen LogP contribution in [0.3, 0.4) is 0 Å². The van der Waals surface area contributed by atoms with E-state index in [2.05, 4.69) is 20.9 Å². The Bertz CT molecular complexity index is 594. The van der Waals surface area contributed by atoms with E-state index in [-0.39, 0.29) is 5.75 Å². The second-order valence-electron chi connectivity index (χ2n) is 3.57. The molecule has 0 aliphatic heterocycles. The van der Waals surface area contributed by atoms with Gasteiger partial charge >= 0.3 is 0 Å². The number of phenols is 1. The molecule has 5 heteroatoms. The zero-order chi connectivity index (χ0) is 13.1. The topological polar surface area (TPSA) is 32.6 Å². The van der Waals surface area contributed by atoms with Crippen molar-refractivity contribution in [1.82, 2.24) is 0 Å². The molecule has 0 spiro atoms. The fourth-order valence-electron chi connectivity index (χ4n) is 1.41. The van der Waals surface area contributed by atoms with Gasteiger partial charge in [-0.15, -0.1) is 0 Å². The first-order valence-electron chi connectivity index (χ1n) is 5.04. The summed E-state index contributed by atoms with van der Waals surface area (Å²) in [6.07, 6.45) is 1.61. The van der Waals surface area contributed by atoms with Gasteiger partial charge in [0.15, 0.2) is 0 Å². The molecular formula is C13H8BrCl2NO. The molecule has 0 atom stereocenters. The highest BCUT2D eigenvalue weighted by atomic mass is 79.9. The van der Waals surface area contributed by atoms with Gasteiger partial charge in [0, 0.05) is 10.7 Å². The van der Waals surface area contributed by atoms with Crippen LogP contribution >= 0.6 is 39.1 Å². The summed E-state index contributed by atoms with van der Waals surface area (Å²) in [5, 5.41) is 10.3. The van der Waals surface area contributed by atoms with Crippen molar-refractivity contribution in [3.8, 4) is 5.75 Å². The van der Waals surface area contributed by atoms with Crippen molar-refractivity contribution in [1.29, 1.82) is 0 Å². The summed E-state index contributed by atoms with van der Waals surface area (Å²) >= 11 is 15.2. The van der Waals surface area contributed by atoms with Crippen LogP contribution in [0.5, 0.6) is 5.75 Å². The molecular weight excluding hydrogens is 337 g/mol. The molecule has 0 saturated heterocycles. The Hall–Kier alpha value is -1.03. The summed E-state index contributed by atoms with van der Waals surface area (Å²) in [6, 6.07) is 10.3. The van der Waals surface area contributed by atoms with Crippen molar-refractivity contribution in [3.05, 3.63) is 56.5 Å². The van der Waals surface area contributed by atoms with Crippen LogP contribution in [0.25, 0.3) is 0 Å². The molecule has 0 radical (unpaired) electrons. The molecule has 2 aromatic rings. The molecule has 2 nitrogen and oxygen atoms in total. The number of halogens is 3. The van der Waals surface area contributed by atoms with Gasteiger partial charge in [-0.2, -0.15) is 0 Å². The maximum atomic E-state index is 9.45. The summed E-state index contributed by atoms with van der Waals surface area (Å²) in [4.78, 5) is 4.25. The van der Waals surface area contributed by atoms with Crippen LogP contribution in [0.15, 0.2) is 45.9 Å². The lowest BCUT2D eigenvalue weighted by Gasteiger charge is -2.00. The number of nitrogens with zero attached hydrogens (tertiary/aromatic N) is 1. The standard InChI is InChI=1S/C13H8BrCl2NO/c14-9-4-8(5-10(18)6-9)7-17-12-3-1-2-11(15)13(12)16/h1-7,18H. The zero-order valence-electron chi connectivity index (χ0n) is 9.07. The number of hydrogen-bond acceptors (Lipinski definition) is 2. The van der Waals surface area contributed by atoms with Crippen molar-refractivity contribution in [2.24, 2.45) is 4.99 Å². The number of aromatic hydroxyl groups is 1. The van der Waals surface area contributed by atoms with Crippen molar-refractivity contribution in [2.45, 2.75) is 0 Å². The maximum Gasteiger partial charge on any atom is 0.117 e. The van der Waals surface area contributed by atoms with Gasteiger partial charge in [-0.05, 0) is 35.9 Å². The SMILES string of the molecule is Oc1cc(Br)cc(C=Nc2cccc(Cl)c2Cl)c1. The van der Waals surface area contributed by atoms with Gasteiger partial charge in [0.2, 0.25) is 0 Å². The number of aliphatic imine (C=N–C) groups is 1. The average Bonchev–Trinajstić information content (AvgIpc) is 2.30. The van der Waals surface area contributed by atoms with Crippen LogP contribution in [-0.2, 0) is 0 Å². The first-order chi connectivity index (χ1) is 8.56. The van der Waals surface area contributed by atoms with Crippen LogP contribution in [0.4, 0.5) is 5.69 Å². The van der Waals surface area contributed by atoms with Crippen LogP contribution < -0.4 is 0 Å². The zero-order valence-corrected chi connectivity index (χ0v) is 12.2. The van der Waals surface area contributed by atoms with E-state index < -0.39 is 0 Å². The molecule has 0 aromatic heterocycles. The number of phenolic OH excluding ortho intramolecular Hbond substituents is 1. The molecule has 0 aliphatic carbocycles. The molecule has 0 unspecified atom stereocenters. The minimum absolute atomic E-state index is 0.169. The van der Waals surface area contributed by atoms with Gasteiger partial charge in [0.1, 0.15) is 5.75 Å². The quantitative estimate of drug-likeness (QED) is 0.745. The van der Waals surface area contributed by atoms with Gasteiger partial charge in [0.05, 0.1) is 15.7 Å². The Balaban J connectivity index is 2.33. The van der Waals surface area contributed by atoms with Crippen molar-refractivity contribution < 1.29 is 5.11 Å². The second-order valence-corrected chi connectivity index (χ2v) is 5.27. The van der Waals surface area contributed by atoms with E-state index in [1.54, 1.807) is 36.5 Å². The van der Waals surface area contributed by atoms with Crippen LogP contribution in [-0.4, -0.2) is 11.3 Å². The minimum Gasteiger partial charge on any atom is -0.508 e. The number of benzene rings is 2. The Labute approximate surface area is 123 Å².